The molecule has 1 aromatic rings. The minimum atomic E-state index is -0.115. The van der Waals surface area contributed by atoms with E-state index in [9.17, 15) is 4.79 Å². The Kier molecular flexibility index (Phi) is 3.33. The standard InChI is InChI=1S/C10H12BrN3O/c11-8-2-1-4-13-9(8)10(15)14-7-3-5-12-6-7/h1-2,4,7,12H,3,5-6H2,(H,14,15)/t7-/m1/s1. The third kappa shape index (κ3) is 2.54. The number of nitrogens with one attached hydrogen (secondary N) is 2. The first-order chi connectivity index (χ1) is 7.27. The van der Waals surface area contributed by atoms with Crippen LogP contribution in [0.5, 0.6) is 0 Å². The predicted octanol–water partition coefficient (Wildman–Crippen LogP) is 0.936. The van der Waals surface area contributed by atoms with Gasteiger partial charge in [-0.05, 0) is 41.0 Å². The molecule has 1 saturated heterocycles. The molecule has 1 atom stereocenters. The Morgan fingerprint density at radius 1 is 1.67 bits per heavy atom. The molecule has 15 heavy (non-hydrogen) atoms. The Morgan fingerprint density at radius 3 is 3.20 bits per heavy atom. The van der Waals surface area contributed by atoms with Gasteiger partial charge in [0, 0.05) is 23.3 Å². The van der Waals surface area contributed by atoms with Gasteiger partial charge < -0.3 is 10.6 Å². The number of rotatable bonds is 2. The average Bonchev–Trinajstić information content (AvgIpc) is 2.71. The number of carbonyl (C=O) groups is 1. The number of hydrogen-bond donors (Lipinski definition) is 2. The summed E-state index contributed by atoms with van der Waals surface area (Å²) in [6.45, 7) is 1.81. The van der Waals surface area contributed by atoms with Gasteiger partial charge in [0.1, 0.15) is 5.69 Å². The fourth-order valence-electron chi connectivity index (χ4n) is 1.58. The highest BCUT2D eigenvalue weighted by Crippen LogP contribution is 2.13. The van der Waals surface area contributed by atoms with Crippen LogP contribution in [-0.4, -0.2) is 30.0 Å². The number of carbonyl (C=O) groups excluding carboxylic acids is 1. The molecule has 0 radical (unpaired) electrons. The van der Waals surface area contributed by atoms with Gasteiger partial charge in [0.25, 0.3) is 5.91 Å². The van der Waals surface area contributed by atoms with Gasteiger partial charge in [-0.2, -0.15) is 0 Å². The van der Waals surface area contributed by atoms with Crippen molar-refractivity contribution < 1.29 is 4.79 Å². The van der Waals surface area contributed by atoms with E-state index in [0.29, 0.717) is 5.69 Å². The van der Waals surface area contributed by atoms with Crippen LogP contribution in [-0.2, 0) is 0 Å². The van der Waals surface area contributed by atoms with Gasteiger partial charge in [0.15, 0.2) is 0 Å². The van der Waals surface area contributed by atoms with Gasteiger partial charge in [0.2, 0.25) is 0 Å². The normalized spacial score (nSPS) is 20.2. The molecule has 1 fully saturated rings. The maximum atomic E-state index is 11.8. The van der Waals surface area contributed by atoms with Crippen molar-refractivity contribution in [2.24, 2.45) is 0 Å². The quantitative estimate of drug-likeness (QED) is 0.840. The zero-order valence-corrected chi connectivity index (χ0v) is 9.75. The molecule has 0 bridgehead atoms. The van der Waals surface area contributed by atoms with Crippen LogP contribution in [0.3, 0.4) is 0 Å². The fraction of sp³-hybridized carbons (Fsp3) is 0.400. The molecule has 1 aliphatic rings. The van der Waals surface area contributed by atoms with E-state index in [0.717, 1.165) is 24.0 Å². The molecular weight excluding hydrogens is 258 g/mol. The van der Waals surface area contributed by atoms with Crippen LogP contribution in [0, 0.1) is 0 Å². The number of nitrogens with zero attached hydrogens (tertiary/aromatic N) is 1. The lowest BCUT2D eigenvalue weighted by Crippen LogP contribution is -2.36. The lowest BCUT2D eigenvalue weighted by molar-refractivity contribution is 0.0934. The van der Waals surface area contributed by atoms with Gasteiger partial charge in [-0.3, -0.25) is 4.79 Å². The van der Waals surface area contributed by atoms with Crippen molar-refractivity contribution in [2.45, 2.75) is 12.5 Å². The zero-order valence-electron chi connectivity index (χ0n) is 8.16. The van der Waals surface area contributed by atoms with E-state index in [1.165, 1.54) is 0 Å². The molecule has 0 aliphatic carbocycles. The fourth-order valence-corrected chi connectivity index (χ4v) is 2.02. The van der Waals surface area contributed by atoms with Crippen LogP contribution in [0.2, 0.25) is 0 Å². The summed E-state index contributed by atoms with van der Waals surface area (Å²) in [6.07, 6.45) is 2.60. The molecule has 80 valence electrons. The predicted molar refractivity (Wildman–Crippen MR) is 60.7 cm³/mol. The summed E-state index contributed by atoms with van der Waals surface area (Å²) in [5.74, 6) is -0.115. The second kappa shape index (κ2) is 4.72. The Balaban J connectivity index is 2.04. The molecule has 2 rings (SSSR count). The van der Waals surface area contributed by atoms with Crippen LogP contribution in [0.4, 0.5) is 0 Å². The number of pyridine rings is 1. The highest BCUT2D eigenvalue weighted by atomic mass is 79.9. The summed E-state index contributed by atoms with van der Waals surface area (Å²) in [7, 11) is 0. The molecule has 1 aromatic heterocycles. The molecule has 1 aliphatic heterocycles. The van der Waals surface area contributed by atoms with Crippen molar-refractivity contribution in [3.05, 3.63) is 28.5 Å². The summed E-state index contributed by atoms with van der Waals surface area (Å²) in [6, 6.07) is 3.83. The summed E-state index contributed by atoms with van der Waals surface area (Å²) < 4.78 is 0.730. The largest absolute Gasteiger partial charge is 0.347 e. The van der Waals surface area contributed by atoms with Gasteiger partial charge in [-0.25, -0.2) is 4.98 Å². The van der Waals surface area contributed by atoms with Gasteiger partial charge in [0.05, 0.1) is 0 Å². The summed E-state index contributed by atoms with van der Waals surface area (Å²) in [4.78, 5) is 15.8. The molecule has 4 nitrogen and oxygen atoms in total. The van der Waals surface area contributed by atoms with Gasteiger partial charge in [-0.15, -0.1) is 0 Å². The Hall–Kier alpha value is -0.940. The average molecular weight is 270 g/mol. The molecule has 0 spiro atoms. The smallest absolute Gasteiger partial charge is 0.271 e. The van der Waals surface area contributed by atoms with Crippen molar-refractivity contribution >= 4 is 21.8 Å². The van der Waals surface area contributed by atoms with Crippen LogP contribution in [0.1, 0.15) is 16.9 Å². The van der Waals surface area contributed by atoms with E-state index in [1.807, 2.05) is 6.07 Å². The third-order valence-corrected chi connectivity index (χ3v) is 3.01. The number of aromatic nitrogens is 1. The van der Waals surface area contributed by atoms with Crippen LogP contribution in [0.25, 0.3) is 0 Å². The van der Waals surface area contributed by atoms with Crippen molar-refractivity contribution in [3.8, 4) is 0 Å². The Labute approximate surface area is 96.6 Å². The molecule has 0 saturated carbocycles. The topological polar surface area (TPSA) is 54.0 Å². The highest BCUT2D eigenvalue weighted by molar-refractivity contribution is 9.10. The van der Waals surface area contributed by atoms with E-state index in [4.69, 9.17) is 0 Å². The monoisotopic (exact) mass is 269 g/mol. The Morgan fingerprint density at radius 2 is 2.53 bits per heavy atom. The molecule has 2 N–H and O–H groups in total. The van der Waals surface area contributed by atoms with Crippen molar-refractivity contribution in [1.82, 2.24) is 15.6 Å². The van der Waals surface area contributed by atoms with Gasteiger partial charge in [-0.1, -0.05) is 0 Å². The van der Waals surface area contributed by atoms with E-state index in [2.05, 4.69) is 31.5 Å². The molecule has 0 unspecified atom stereocenters. The minimum absolute atomic E-state index is 0.115. The summed E-state index contributed by atoms with van der Waals surface area (Å²) in [5.41, 5.74) is 0.449. The van der Waals surface area contributed by atoms with E-state index < -0.39 is 0 Å². The molecule has 5 heteroatoms. The lowest BCUT2D eigenvalue weighted by atomic mass is 10.2. The summed E-state index contributed by atoms with van der Waals surface area (Å²) in [5, 5.41) is 6.14. The maximum Gasteiger partial charge on any atom is 0.271 e. The molecule has 2 heterocycles. The SMILES string of the molecule is O=C(N[C@@H]1CCNC1)c1ncccc1Br. The number of halogens is 1. The van der Waals surface area contributed by atoms with Crippen molar-refractivity contribution in [1.29, 1.82) is 0 Å². The summed E-state index contributed by atoms with van der Waals surface area (Å²) >= 11 is 3.31. The molecular formula is C10H12BrN3O. The lowest BCUT2D eigenvalue weighted by Gasteiger charge is -2.11. The zero-order chi connectivity index (χ0) is 10.7. The maximum absolute atomic E-state index is 11.8. The molecule has 0 aromatic carbocycles. The van der Waals surface area contributed by atoms with E-state index in [1.54, 1.807) is 12.3 Å². The van der Waals surface area contributed by atoms with Crippen LogP contribution in [0.15, 0.2) is 22.8 Å². The first-order valence-corrected chi connectivity index (χ1v) is 5.69. The van der Waals surface area contributed by atoms with Crippen LogP contribution < -0.4 is 10.6 Å². The number of amides is 1. The minimum Gasteiger partial charge on any atom is -0.347 e. The third-order valence-electron chi connectivity index (χ3n) is 2.37. The van der Waals surface area contributed by atoms with Gasteiger partial charge >= 0.3 is 0 Å². The second-order valence-corrected chi connectivity index (χ2v) is 4.35. The first kappa shape index (κ1) is 10.6. The second-order valence-electron chi connectivity index (χ2n) is 3.50. The number of hydrogen-bond acceptors (Lipinski definition) is 3. The van der Waals surface area contributed by atoms with E-state index >= 15 is 0 Å². The van der Waals surface area contributed by atoms with Crippen molar-refractivity contribution in [2.75, 3.05) is 13.1 Å². The highest BCUT2D eigenvalue weighted by Gasteiger charge is 2.19. The van der Waals surface area contributed by atoms with Crippen molar-refractivity contribution in [3.63, 3.8) is 0 Å². The van der Waals surface area contributed by atoms with E-state index in [-0.39, 0.29) is 11.9 Å². The molecule has 1 amide bonds. The Bertz CT molecular complexity index is 363. The van der Waals surface area contributed by atoms with Crippen LogP contribution >= 0.6 is 15.9 Å². The first-order valence-electron chi connectivity index (χ1n) is 4.89.